The maximum absolute atomic E-state index is 6.44. The van der Waals surface area contributed by atoms with E-state index in [1.807, 2.05) is 42.6 Å². The van der Waals surface area contributed by atoms with Gasteiger partial charge in [-0.15, -0.1) is 0 Å². The quantitative estimate of drug-likeness (QED) is 0.211. The third kappa shape index (κ3) is 6.00. The molecule has 0 radical (unpaired) electrons. The van der Waals surface area contributed by atoms with Crippen molar-refractivity contribution in [2.75, 3.05) is 13.2 Å². The van der Waals surface area contributed by atoms with Crippen LogP contribution in [0.4, 0.5) is 0 Å². The topological polar surface area (TPSA) is 47.0 Å². The van der Waals surface area contributed by atoms with Crippen molar-refractivity contribution in [3.8, 4) is 11.1 Å². The SMILES string of the molecule is Clc1ccc(C(c2cccnc2)c2ccc3nc(CNCC4CCCO4)cc(-c4cccc(Cl)c4)c3c2)cc1. The minimum atomic E-state index is 0.000308. The lowest BCUT2D eigenvalue weighted by Gasteiger charge is -2.20. The van der Waals surface area contributed by atoms with Crippen molar-refractivity contribution >= 4 is 34.1 Å². The molecule has 1 N–H and O–H groups in total. The van der Waals surface area contributed by atoms with Crippen LogP contribution in [0.5, 0.6) is 0 Å². The Hall–Kier alpha value is -3.28. The van der Waals surface area contributed by atoms with Crippen LogP contribution in [0.2, 0.25) is 10.0 Å². The number of halogens is 2. The molecule has 6 heteroatoms. The van der Waals surface area contributed by atoms with Gasteiger partial charge >= 0.3 is 0 Å². The monoisotopic (exact) mass is 553 g/mol. The first-order valence-corrected chi connectivity index (χ1v) is 14.1. The lowest BCUT2D eigenvalue weighted by atomic mass is 9.85. The summed E-state index contributed by atoms with van der Waals surface area (Å²) in [6.07, 6.45) is 6.27. The first-order valence-electron chi connectivity index (χ1n) is 13.3. The second-order valence-corrected chi connectivity index (χ2v) is 10.9. The molecular weight excluding hydrogens is 525 g/mol. The van der Waals surface area contributed by atoms with E-state index in [0.29, 0.717) is 11.6 Å². The van der Waals surface area contributed by atoms with E-state index in [-0.39, 0.29) is 12.0 Å². The number of fused-ring (bicyclic) bond motifs is 1. The first-order chi connectivity index (χ1) is 19.1. The van der Waals surface area contributed by atoms with Crippen LogP contribution in [0.1, 0.15) is 41.1 Å². The first kappa shape index (κ1) is 26.0. The Morgan fingerprint density at radius 1 is 0.872 bits per heavy atom. The highest BCUT2D eigenvalue weighted by Gasteiger charge is 2.20. The molecule has 1 aliphatic rings. The number of hydrogen-bond donors (Lipinski definition) is 1. The number of aromatic nitrogens is 2. The van der Waals surface area contributed by atoms with E-state index in [0.717, 1.165) is 75.4 Å². The molecule has 2 atom stereocenters. The second kappa shape index (κ2) is 11.8. The fraction of sp³-hybridized carbons (Fsp3) is 0.212. The molecule has 3 heterocycles. The Kier molecular flexibility index (Phi) is 7.89. The summed E-state index contributed by atoms with van der Waals surface area (Å²) in [6, 6.07) is 28.9. The molecule has 1 saturated heterocycles. The van der Waals surface area contributed by atoms with Crippen LogP contribution in [0.3, 0.4) is 0 Å². The molecule has 5 aromatic rings. The summed E-state index contributed by atoms with van der Waals surface area (Å²) in [6.45, 7) is 2.37. The minimum absolute atomic E-state index is 0.000308. The van der Waals surface area contributed by atoms with Gasteiger partial charge in [-0.2, -0.15) is 0 Å². The van der Waals surface area contributed by atoms with Crippen LogP contribution < -0.4 is 5.32 Å². The van der Waals surface area contributed by atoms with Gasteiger partial charge in [0.05, 0.1) is 17.3 Å². The average Bonchev–Trinajstić information content (AvgIpc) is 3.48. The van der Waals surface area contributed by atoms with Crippen LogP contribution in [-0.2, 0) is 11.3 Å². The third-order valence-corrected chi connectivity index (χ3v) is 7.77. The van der Waals surface area contributed by atoms with Crippen LogP contribution in [-0.4, -0.2) is 29.2 Å². The number of rotatable bonds is 8. The average molecular weight is 555 g/mol. The van der Waals surface area contributed by atoms with Crippen LogP contribution in [0.15, 0.2) is 97.3 Å². The minimum Gasteiger partial charge on any atom is -0.377 e. The van der Waals surface area contributed by atoms with Gasteiger partial charge < -0.3 is 10.1 Å². The summed E-state index contributed by atoms with van der Waals surface area (Å²) in [5.41, 5.74) is 7.55. The van der Waals surface area contributed by atoms with E-state index in [1.165, 1.54) is 0 Å². The number of nitrogens with one attached hydrogen (secondary N) is 1. The van der Waals surface area contributed by atoms with E-state index in [2.05, 4.69) is 58.8 Å². The number of ether oxygens (including phenoxy) is 1. The fourth-order valence-corrected chi connectivity index (χ4v) is 5.73. The van der Waals surface area contributed by atoms with Crippen molar-refractivity contribution in [1.29, 1.82) is 0 Å². The van der Waals surface area contributed by atoms with Crippen molar-refractivity contribution in [3.05, 3.63) is 130 Å². The normalized spacial score (nSPS) is 16.0. The summed E-state index contributed by atoms with van der Waals surface area (Å²) in [5.74, 6) is 0.000308. The molecule has 196 valence electrons. The summed E-state index contributed by atoms with van der Waals surface area (Å²) >= 11 is 12.7. The van der Waals surface area contributed by atoms with E-state index >= 15 is 0 Å². The van der Waals surface area contributed by atoms with Crippen molar-refractivity contribution in [3.63, 3.8) is 0 Å². The maximum atomic E-state index is 6.44. The van der Waals surface area contributed by atoms with Gasteiger partial charge in [0.1, 0.15) is 0 Å². The molecule has 0 aliphatic carbocycles. The Morgan fingerprint density at radius 2 is 1.74 bits per heavy atom. The highest BCUT2D eigenvalue weighted by molar-refractivity contribution is 6.31. The van der Waals surface area contributed by atoms with Gasteiger partial charge in [-0.05, 0) is 89.2 Å². The number of benzene rings is 3. The summed E-state index contributed by atoms with van der Waals surface area (Å²) in [4.78, 5) is 9.45. The molecule has 39 heavy (non-hydrogen) atoms. The van der Waals surface area contributed by atoms with Crippen LogP contribution in [0.25, 0.3) is 22.0 Å². The van der Waals surface area contributed by atoms with Gasteiger partial charge in [0, 0.05) is 53.4 Å². The third-order valence-electron chi connectivity index (χ3n) is 7.28. The Morgan fingerprint density at radius 3 is 2.51 bits per heavy atom. The maximum Gasteiger partial charge on any atom is 0.0712 e. The highest BCUT2D eigenvalue weighted by Crippen LogP contribution is 2.37. The number of nitrogens with zero attached hydrogens (tertiary/aromatic N) is 2. The van der Waals surface area contributed by atoms with Gasteiger partial charge in [0.15, 0.2) is 0 Å². The van der Waals surface area contributed by atoms with Crippen LogP contribution in [0, 0.1) is 0 Å². The molecule has 0 spiro atoms. The van der Waals surface area contributed by atoms with Crippen molar-refractivity contribution in [2.24, 2.45) is 0 Å². The molecule has 4 nitrogen and oxygen atoms in total. The predicted molar refractivity (Wildman–Crippen MR) is 160 cm³/mol. The lowest BCUT2D eigenvalue weighted by molar-refractivity contribution is 0.110. The lowest BCUT2D eigenvalue weighted by Crippen LogP contribution is -2.26. The van der Waals surface area contributed by atoms with E-state index < -0.39 is 0 Å². The zero-order valence-corrected chi connectivity index (χ0v) is 23.0. The standard InChI is InChI=1S/C33H29Cl2N3O/c34-26-11-8-22(9-12-26)33(25-5-2-14-36-19-25)24-10-13-32-31(17-24)30(23-4-1-6-27(35)16-23)18-28(38-32)20-37-21-29-7-3-15-39-29/h1-2,4-6,8-14,16-19,29,33,37H,3,7,15,20-21H2. The van der Waals surface area contributed by atoms with Crippen molar-refractivity contribution in [1.82, 2.24) is 15.3 Å². The van der Waals surface area contributed by atoms with E-state index in [9.17, 15) is 0 Å². The van der Waals surface area contributed by atoms with Crippen molar-refractivity contribution in [2.45, 2.75) is 31.4 Å². The second-order valence-electron chi connectivity index (χ2n) is 9.98. The van der Waals surface area contributed by atoms with Gasteiger partial charge in [0.2, 0.25) is 0 Å². The molecule has 1 fully saturated rings. The molecule has 2 unspecified atom stereocenters. The zero-order valence-electron chi connectivity index (χ0n) is 21.5. The van der Waals surface area contributed by atoms with Gasteiger partial charge in [-0.25, -0.2) is 0 Å². The van der Waals surface area contributed by atoms with E-state index in [4.69, 9.17) is 32.9 Å². The molecular formula is C33H29Cl2N3O. The molecule has 1 aliphatic heterocycles. The number of pyridine rings is 2. The Bertz CT molecular complexity index is 1570. The number of hydrogen-bond acceptors (Lipinski definition) is 4. The van der Waals surface area contributed by atoms with Crippen molar-refractivity contribution < 1.29 is 4.74 Å². The van der Waals surface area contributed by atoms with Crippen LogP contribution >= 0.6 is 23.2 Å². The summed E-state index contributed by atoms with van der Waals surface area (Å²) < 4.78 is 5.77. The van der Waals surface area contributed by atoms with Gasteiger partial charge in [-0.1, -0.05) is 59.6 Å². The fourth-order valence-electron chi connectivity index (χ4n) is 5.41. The predicted octanol–water partition coefficient (Wildman–Crippen LogP) is 8.05. The largest absolute Gasteiger partial charge is 0.377 e. The molecule has 6 rings (SSSR count). The molecule has 0 bridgehead atoms. The Balaban J connectivity index is 1.44. The molecule has 0 saturated carbocycles. The van der Waals surface area contributed by atoms with Gasteiger partial charge in [-0.3, -0.25) is 9.97 Å². The van der Waals surface area contributed by atoms with Gasteiger partial charge in [0.25, 0.3) is 0 Å². The van der Waals surface area contributed by atoms with E-state index in [1.54, 1.807) is 6.20 Å². The Labute approximate surface area is 239 Å². The highest BCUT2D eigenvalue weighted by atomic mass is 35.5. The zero-order chi connectivity index (χ0) is 26.6. The molecule has 3 aromatic carbocycles. The molecule has 0 amide bonds. The summed E-state index contributed by atoms with van der Waals surface area (Å²) in [7, 11) is 0. The smallest absolute Gasteiger partial charge is 0.0712 e. The molecule has 2 aromatic heterocycles. The summed E-state index contributed by atoms with van der Waals surface area (Å²) in [5, 5.41) is 6.06.